The molecule has 0 amide bonds. The van der Waals surface area contributed by atoms with Crippen LogP contribution in [0.3, 0.4) is 0 Å². The Balaban J connectivity index is 2.07. The first-order chi connectivity index (χ1) is 10.8. The average Bonchev–Trinajstić information content (AvgIpc) is 2.59. The molecular formula is C20H27BP+. The van der Waals surface area contributed by atoms with Crippen molar-refractivity contribution in [3.63, 3.8) is 0 Å². The van der Waals surface area contributed by atoms with Gasteiger partial charge in [0.05, 0.1) is 16.8 Å². The molecule has 22 heavy (non-hydrogen) atoms. The summed E-state index contributed by atoms with van der Waals surface area (Å²) in [6, 6.07) is 21.4. The van der Waals surface area contributed by atoms with Crippen molar-refractivity contribution in [2.75, 3.05) is 6.16 Å². The lowest BCUT2D eigenvalue weighted by Gasteiger charge is -2.23. The largest absolute Gasteiger partial charge is 0.377 e. The van der Waals surface area contributed by atoms with E-state index >= 15 is 0 Å². The fourth-order valence-electron chi connectivity index (χ4n) is 2.94. The third kappa shape index (κ3) is 4.72. The standard InChI is InChI=1S/C20H27BP/c1-2-3-4-5-6-13-18-22(21,19-14-9-7-10-15-19)20-16-11-8-12-17-20/h7-12,14-17H,2-6,13,18H2,1H3/q+1. The number of hydrogen-bond acceptors (Lipinski definition) is 0. The van der Waals surface area contributed by atoms with E-state index in [1.165, 1.54) is 49.1 Å². The third-order valence-electron chi connectivity index (χ3n) is 4.30. The van der Waals surface area contributed by atoms with Crippen molar-refractivity contribution in [3.05, 3.63) is 60.7 Å². The van der Waals surface area contributed by atoms with Crippen LogP contribution < -0.4 is 10.6 Å². The van der Waals surface area contributed by atoms with Crippen LogP contribution in [-0.4, -0.2) is 13.7 Å². The van der Waals surface area contributed by atoms with E-state index in [2.05, 4.69) is 67.6 Å². The van der Waals surface area contributed by atoms with Gasteiger partial charge in [0, 0.05) is 7.14 Å². The molecule has 2 heteroatoms. The SMILES string of the molecule is [B][P+](CCCCCCCC)(c1ccccc1)c1ccccc1. The molecule has 2 aromatic carbocycles. The van der Waals surface area contributed by atoms with E-state index < -0.39 is 7.14 Å². The highest BCUT2D eigenvalue weighted by Crippen LogP contribution is 2.52. The minimum atomic E-state index is -1.73. The van der Waals surface area contributed by atoms with Crippen molar-refractivity contribution in [1.29, 1.82) is 0 Å². The van der Waals surface area contributed by atoms with Gasteiger partial charge >= 0.3 is 7.57 Å². The zero-order chi connectivity index (χ0) is 15.7. The zero-order valence-corrected chi connectivity index (χ0v) is 14.6. The van der Waals surface area contributed by atoms with Gasteiger partial charge in [-0.1, -0.05) is 69.0 Å². The predicted molar refractivity (Wildman–Crippen MR) is 103 cm³/mol. The van der Waals surface area contributed by atoms with Crippen LogP contribution in [0.2, 0.25) is 0 Å². The minimum absolute atomic E-state index is 1.12. The van der Waals surface area contributed by atoms with Gasteiger partial charge in [0.2, 0.25) is 0 Å². The number of unbranched alkanes of at least 4 members (excludes halogenated alkanes) is 5. The smallest absolute Gasteiger partial charge is 0.0654 e. The molecule has 0 unspecified atom stereocenters. The summed E-state index contributed by atoms with van der Waals surface area (Å²) in [6.07, 6.45) is 9.03. The molecule has 0 aromatic heterocycles. The van der Waals surface area contributed by atoms with Crippen molar-refractivity contribution >= 4 is 25.3 Å². The van der Waals surface area contributed by atoms with Crippen molar-refractivity contribution in [2.45, 2.75) is 45.4 Å². The molecule has 0 saturated carbocycles. The first-order valence-corrected chi connectivity index (χ1v) is 10.6. The fourth-order valence-corrected chi connectivity index (χ4v) is 5.88. The summed E-state index contributed by atoms with van der Waals surface area (Å²) in [7, 11) is 5.26. The maximum absolute atomic E-state index is 6.99. The summed E-state index contributed by atoms with van der Waals surface area (Å²) < 4.78 is 0. The first-order valence-electron chi connectivity index (χ1n) is 8.55. The third-order valence-corrected chi connectivity index (χ3v) is 7.76. The average molecular weight is 309 g/mol. The molecule has 0 aliphatic rings. The summed E-state index contributed by atoms with van der Waals surface area (Å²) in [6.45, 7) is 2.27. The molecule has 0 bridgehead atoms. The van der Waals surface area contributed by atoms with Gasteiger partial charge in [-0.25, -0.2) is 0 Å². The van der Waals surface area contributed by atoms with Crippen LogP contribution in [0.25, 0.3) is 0 Å². The normalized spacial score (nSPS) is 11.5. The highest BCUT2D eigenvalue weighted by atomic mass is 31.2. The molecule has 2 rings (SSSR count). The van der Waals surface area contributed by atoms with Crippen LogP contribution in [0.5, 0.6) is 0 Å². The van der Waals surface area contributed by atoms with Crippen LogP contribution in [0, 0.1) is 0 Å². The second-order valence-corrected chi connectivity index (χ2v) is 9.25. The summed E-state index contributed by atoms with van der Waals surface area (Å²) in [5, 5.41) is 2.66. The van der Waals surface area contributed by atoms with Crippen molar-refractivity contribution in [1.82, 2.24) is 0 Å². The molecule has 0 aliphatic carbocycles. The summed E-state index contributed by atoms with van der Waals surface area (Å²) in [4.78, 5) is 0. The second-order valence-electron chi connectivity index (χ2n) is 6.03. The van der Waals surface area contributed by atoms with E-state index in [1.807, 2.05) is 0 Å². The molecule has 0 atom stereocenters. The van der Waals surface area contributed by atoms with Gasteiger partial charge in [0.15, 0.2) is 0 Å². The molecule has 0 heterocycles. The van der Waals surface area contributed by atoms with Crippen LogP contribution >= 0.6 is 7.14 Å². The van der Waals surface area contributed by atoms with E-state index in [0.29, 0.717) is 0 Å². The molecule has 0 fully saturated rings. The lowest BCUT2D eigenvalue weighted by atomic mass is 10.1. The van der Waals surface area contributed by atoms with Crippen molar-refractivity contribution < 1.29 is 0 Å². The topological polar surface area (TPSA) is 0 Å². The Morgan fingerprint density at radius 1 is 0.682 bits per heavy atom. The molecule has 0 spiro atoms. The molecular weight excluding hydrogens is 282 g/mol. The Morgan fingerprint density at radius 2 is 1.14 bits per heavy atom. The Hall–Kier alpha value is -1.07. The van der Waals surface area contributed by atoms with Crippen LogP contribution in [0.4, 0.5) is 0 Å². The molecule has 0 aliphatic heterocycles. The van der Waals surface area contributed by atoms with E-state index in [4.69, 9.17) is 7.57 Å². The van der Waals surface area contributed by atoms with Gasteiger partial charge in [-0.3, -0.25) is 0 Å². The van der Waals surface area contributed by atoms with Crippen LogP contribution in [0.1, 0.15) is 45.4 Å². The zero-order valence-electron chi connectivity index (χ0n) is 13.7. The van der Waals surface area contributed by atoms with Crippen molar-refractivity contribution in [3.8, 4) is 0 Å². The molecule has 2 aromatic rings. The molecule has 2 radical (unpaired) electrons. The fraction of sp³-hybridized carbons (Fsp3) is 0.400. The van der Waals surface area contributed by atoms with Crippen molar-refractivity contribution in [2.24, 2.45) is 0 Å². The number of benzene rings is 2. The first kappa shape index (κ1) is 17.3. The minimum Gasteiger partial charge on any atom is -0.0654 e. The number of rotatable bonds is 9. The molecule has 0 nitrogen and oxygen atoms in total. The van der Waals surface area contributed by atoms with Gasteiger partial charge in [-0.05, 0) is 37.1 Å². The van der Waals surface area contributed by atoms with Crippen LogP contribution in [-0.2, 0) is 0 Å². The van der Waals surface area contributed by atoms with Crippen LogP contribution in [0.15, 0.2) is 60.7 Å². The summed E-state index contributed by atoms with van der Waals surface area (Å²) >= 11 is 0. The quantitative estimate of drug-likeness (QED) is 0.343. The van der Waals surface area contributed by atoms with E-state index in [0.717, 1.165) is 6.16 Å². The van der Waals surface area contributed by atoms with E-state index in [9.17, 15) is 0 Å². The molecule has 114 valence electrons. The van der Waals surface area contributed by atoms with Gasteiger partial charge in [-0.2, -0.15) is 0 Å². The second kappa shape index (κ2) is 9.16. The summed E-state index contributed by atoms with van der Waals surface area (Å²) in [5.74, 6) is 0. The Morgan fingerprint density at radius 3 is 1.64 bits per heavy atom. The lowest BCUT2D eigenvalue weighted by Crippen LogP contribution is -2.24. The Labute approximate surface area is 138 Å². The van der Waals surface area contributed by atoms with Gasteiger partial charge < -0.3 is 0 Å². The highest BCUT2D eigenvalue weighted by molar-refractivity contribution is 8.08. The van der Waals surface area contributed by atoms with Gasteiger partial charge in [0.25, 0.3) is 0 Å². The molecule has 0 N–H and O–H groups in total. The monoisotopic (exact) mass is 309 g/mol. The molecule has 0 saturated heterocycles. The maximum Gasteiger partial charge on any atom is 0.377 e. The maximum atomic E-state index is 6.99. The van der Waals surface area contributed by atoms with Gasteiger partial charge in [-0.15, -0.1) is 0 Å². The van der Waals surface area contributed by atoms with E-state index in [1.54, 1.807) is 0 Å². The Bertz CT molecular complexity index is 484. The number of hydrogen-bond donors (Lipinski definition) is 0. The summed E-state index contributed by atoms with van der Waals surface area (Å²) in [5.41, 5.74) is 0. The lowest BCUT2D eigenvalue weighted by molar-refractivity contribution is 0.626. The Kier molecular flexibility index (Phi) is 7.20. The predicted octanol–water partition coefficient (Wildman–Crippen LogP) is 5.10. The highest BCUT2D eigenvalue weighted by Gasteiger charge is 2.36. The van der Waals surface area contributed by atoms with E-state index in [-0.39, 0.29) is 0 Å². The van der Waals surface area contributed by atoms with Gasteiger partial charge in [0.1, 0.15) is 0 Å².